The Kier molecular flexibility index (Phi) is 4.01. The average molecular weight is 332 g/mol. The normalized spacial score (nSPS) is 20.8. The highest BCUT2D eigenvalue weighted by Crippen LogP contribution is 2.36. The minimum Gasteiger partial charge on any atom is -0.353 e. The highest BCUT2D eigenvalue weighted by atomic mass is 32.1. The van der Waals surface area contributed by atoms with Crippen LogP contribution >= 0.6 is 11.3 Å². The molecule has 1 aliphatic heterocycles. The largest absolute Gasteiger partial charge is 0.353 e. The van der Waals surface area contributed by atoms with E-state index in [0.717, 1.165) is 32.4 Å². The van der Waals surface area contributed by atoms with Crippen molar-refractivity contribution in [2.24, 2.45) is 0 Å². The number of thiazole rings is 1. The van der Waals surface area contributed by atoms with E-state index in [9.17, 15) is 4.39 Å². The van der Waals surface area contributed by atoms with E-state index in [1.54, 1.807) is 0 Å². The fourth-order valence-corrected chi connectivity index (χ4v) is 4.90. The first kappa shape index (κ1) is 15.0. The second-order valence-electron chi connectivity index (χ2n) is 6.37. The molecule has 2 aromatic rings. The van der Waals surface area contributed by atoms with Gasteiger partial charge in [0.05, 0.1) is 16.4 Å². The molecule has 4 nitrogen and oxygen atoms in total. The number of rotatable bonds is 3. The Hall–Kier alpha value is -1.56. The summed E-state index contributed by atoms with van der Waals surface area (Å²) in [4.78, 5) is 16.7. The van der Waals surface area contributed by atoms with Gasteiger partial charge in [-0.2, -0.15) is 0 Å². The van der Waals surface area contributed by atoms with Crippen LogP contribution in [0.5, 0.6) is 0 Å². The van der Waals surface area contributed by atoms with Gasteiger partial charge in [0.1, 0.15) is 6.33 Å². The van der Waals surface area contributed by atoms with E-state index in [1.165, 1.54) is 34.7 Å². The second-order valence-corrected chi connectivity index (χ2v) is 7.49. The molecular formula is C17H21FN4S. The molecule has 3 heterocycles. The molecule has 0 saturated carbocycles. The zero-order valence-electron chi connectivity index (χ0n) is 13.4. The summed E-state index contributed by atoms with van der Waals surface area (Å²) < 4.78 is 14.5. The molecule has 0 bridgehead atoms. The van der Waals surface area contributed by atoms with Crippen LogP contribution < -0.4 is 4.90 Å². The maximum atomic E-state index is 14.5. The first-order valence-electron chi connectivity index (χ1n) is 8.49. The molecule has 1 saturated heterocycles. The van der Waals surface area contributed by atoms with Crippen LogP contribution in [0.25, 0.3) is 0 Å². The molecule has 2 aliphatic rings. The summed E-state index contributed by atoms with van der Waals surface area (Å²) in [5, 5.41) is 1.24. The van der Waals surface area contributed by atoms with Gasteiger partial charge in [-0.05, 0) is 38.5 Å². The molecule has 0 radical (unpaired) electrons. The minimum absolute atomic E-state index is 0.253. The molecular weight excluding hydrogens is 311 g/mol. The molecule has 1 unspecified atom stereocenters. The molecule has 0 N–H and O–H groups in total. The van der Waals surface area contributed by atoms with E-state index >= 15 is 0 Å². The molecule has 0 aromatic carbocycles. The van der Waals surface area contributed by atoms with Gasteiger partial charge in [-0.1, -0.05) is 6.92 Å². The number of anilines is 1. The van der Waals surface area contributed by atoms with Gasteiger partial charge in [-0.25, -0.2) is 19.3 Å². The van der Waals surface area contributed by atoms with Crippen LogP contribution in [0.4, 0.5) is 10.2 Å². The maximum absolute atomic E-state index is 14.5. The van der Waals surface area contributed by atoms with Crippen LogP contribution in [0.3, 0.4) is 0 Å². The quantitative estimate of drug-likeness (QED) is 0.862. The Balaban J connectivity index is 1.57. The van der Waals surface area contributed by atoms with Crippen LogP contribution in [0.2, 0.25) is 0 Å². The number of nitrogens with zero attached hydrogens (tertiary/aromatic N) is 4. The van der Waals surface area contributed by atoms with Crippen molar-refractivity contribution in [3.8, 4) is 0 Å². The van der Waals surface area contributed by atoms with Gasteiger partial charge in [-0.3, -0.25) is 0 Å². The SMILES string of the molecule is CCc1ncnc(N2CCCC(c3nc4c(s3)CCC4)C2)c1F. The van der Waals surface area contributed by atoms with Crippen molar-refractivity contribution >= 4 is 17.2 Å². The Morgan fingerprint density at radius 2 is 2.22 bits per heavy atom. The molecule has 2 aromatic heterocycles. The lowest BCUT2D eigenvalue weighted by atomic mass is 9.98. The Morgan fingerprint density at radius 3 is 3.04 bits per heavy atom. The third kappa shape index (κ3) is 2.73. The van der Waals surface area contributed by atoms with Gasteiger partial charge in [-0.15, -0.1) is 11.3 Å². The number of hydrogen-bond acceptors (Lipinski definition) is 5. The summed E-state index contributed by atoms with van der Waals surface area (Å²) in [5.74, 6) is 0.613. The van der Waals surface area contributed by atoms with Crippen molar-refractivity contribution in [1.29, 1.82) is 0 Å². The molecule has 1 aliphatic carbocycles. The summed E-state index contributed by atoms with van der Waals surface area (Å²) in [7, 11) is 0. The van der Waals surface area contributed by atoms with Gasteiger partial charge >= 0.3 is 0 Å². The van der Waals surface area contributed by atoms with E-state index in [2.05, 4.69) is 14.9 Å². The van der Waals surface area contributed by atoms with E-state index in [4.69, 9.17) is 4.98 Å². The van der Waals surface area contributed by atoms with Crippen molar-refractivity contribution in [2.45, 2.75) is 51.4 Å². The predicted octanol–water partition coefficient (Wildman–Crippen LogP) is 3.51. The number of aromatic nitrogens is 3. The van der Waals surface area contributed by atoms with Crippen molar-refractivity contribution in [2.75, 3.05) is 18.0 Å². The fraction of sp³-hybridized carbons (Fsp3) is 0.588. The predicted molar refractivity (Wildman–Crippen MR) is 89.7 cm³/mol. The lowest BCUT2D eigenvalue weighted by molar-refractivity contribution is 0.491. The van der Waals surface area contributed by atoms with E-state index in [-0.39, 0.29) is 5.82 Å². The summed E-state index contributed by atoms with van der Waals surface area (Å²) in [6.07, 6.45) is 7.83. The summed E-state index contributed by atoms with van der Waals surface area (Å²) >= 11 is 1.87. The smallest absolute Gasteiger partial charge is 0.187 e. The zero-order chi connectivity index (χ0) is 15.8. The van der Waals surface area contributed by atoms with Gasteiger partial charge in [0.15, 0.2) is 11.6 Å². The van der Waals surface area contributed by atoms with E-state index in [0.29, 0.717) is 23.9 Å². The van der Waals surface area contributed by atoms with Crippen molar-refractivity contribution in [3.05, 3.63) is 33.4 Å². The second kappa shape index (κ2) is 6.15. The van der Waals surface area contributed by atoms with Crippen molar-refractivity contribution < 1.29 is 4.39 Å². The third-order valence-corrected chi connectivity index (χ3v) is 6.18. The molecule has 0 spiro atoms. The van der Waals surface area contributed by atoms with E-state index < -0.39 is 0 Å². The molecule has 23 heavy (non-hydrogen) atoms. The van der Waals surface area contributed by atoms with E-state index in [1.807, 2.05) is 18.3 Å². The molecule has 122 valence electrons. The van der Waals surface area contributed by atoms with Crippen LogP contribution in [0.15, 0.2) is 6.33 Å². The summed E-state index contributed by atoms with van der Waals surface area (Å²) in [5.41, 5.74) is 1.81. The van der Waals surface area contributed by atoms with Gasteiger partial charge in [0.25, 0.3) is 0 Å². The first-order chi connectivity index (χ1) is 11.3. The topological polar surface area (TPSA) is 41.9 Å². The highest BCUT2D eigenvalue weighted by Gasteiger charge is 2.28. The van der Waals surface area contributed by atoms with Crippen LogP contribution in [-0.4, -0.2) is 28.0 Å². The average Bonchev–Trinajstić information content (AvgIpc) is 3.17. The third-order valence-electron chi connectivity index (χ3n) is 4.86. The van der Waals surface area contributed by atoms with Crippen molar-refractivity contribution in [1.82, 2.24) is 15.0 Å². The van der Waals surface area contributed by atoms with Gasteiger partial charge in [0.2, 0.25) is 0 Å². The Bertz CT molecular complexity index is 693. The summed E-state index contributed by atoms with van der Waals surface area (Å²) in [6, 6.07) is 0. The Labute approximate surface area is 139 Å². The van der Waals surface area contributed by atoms with Gasteiger partial charge < -0.3 is 4.90 Å². The number of aryl methyl sites for hydroxylation is 3. The first-order valence-corrected chi connectivity index (χ1v) is 9.30. The minimum atomic E-state index is -0.253. The molecule has 4 rings (SSSR count). The molecule has 1 fully saturated rings. The molecule has 6 heteroatoms. The maximum Gasteiger partial charge on any atom is 0.187 e. The zero-order valence-corrected chi connectivity index (χ0v) is 14.2. The molecule has 1 atom stereocenters. The summed E-state index contributed by atoms with van der Waals surface area (Å²) in [6.45, 7) is 3.59. The fourth-order valence-electron chi connectivity index (χ4n) is 3.62. The highest BCUT2D eigenvalue weighted by molar-refractivity contribution is 7.11. The lowest BCUT2D eigenvalue weighted by Gasteiger charge is -2.33. The van der Waals surface area contributed by atoms with Crippen molar-refractivity contribution in [3.63, 3.8) is 0 Å². The lowest BCUT2D eigenvalue weighted by Crippen LogP contribution is -2.35. The number of fused-ring (bicyclic) bond motifs is 1. The van der Waals surface area contributed by atoms with Crippen LogP contribution in [0.1, 0.15) is 53.4 Å². The number of halogens is 1. The number of hydrogen-bond donors (Lipinski definition) is 0. The number of piperidine rings is 1. The standard InChI is InChI=1S/C17H21FN4S/c1-2-12-15(18)16(20-10-19-12)22-8-4-5-11(9-22)17-21-13-6-3-7-14(13)23-17/h10-11H,2-9H2,1H3. The Morgan fingerprint density at radius 1 is 1.30 bits per heavy atom. The molecule has 0 amide bonds. The van der Waals surface area contributed by atoms with Crippen LogP contribution in [0, 0.1) is 5.82 Å². The van der Waals surface area contributed by atoms with Crippen LogP contribution in [-0.2, 0) is 19.3 Å². The monoisotopic (exact) mass is 332 g/mol. The van der Waals surface area contributed by atoms with Gasteiger partial charge in [0, 0.05) is 23.9 Å².